The maximum atomic E-state index is 12.1. The number of methoxy groups -OCH3 is 2. The molecule has 1 amide bonds. The van der Waals surface area contributed by atoms with Gasteiger partial charge in [-0.05, 0) is 26.2 Å². The standard InChI is InChI=1S/C12H22N2O4.ClH/c1-12(7-17-2,11(16)18-3)14-10(15)8-4-5-9(13)6-8;/h8-9H,4-7,13H2,1-3H3,(H,14,15);1H. The molecule has 0 aromatic rings. The maximum Gasteiger partial charge on any atom is 0.333 e. The summed E-state index contributed by atoms with van der Waals surface area (Å²) in [5, 5.41) is 2.71. The lowest BCUT2D eigenvalue weighted by Gasteiger charge is -2.28. The Bertz CT molecular complexity index is 327. The van der Waals surface area contributed by atoms with Gasteiger partial charge >= 0.3 is 5.97 Å². The lowest BCUT2D eigenvalue weighted by Crippen LogP contribution is -2.57. The van der Waals surface area contributed by atoms with Gasteiger partial charge in [-0.2, -0.15) is 0 Å². The highest BCUT2D eigenvalue weighted by molar-refractivity contribution is 5.89. The van der Waals surface area contributed by atoms with Crippen LogP contribution in [0.4, 0.5) is 0 Å². The van der Waals surface area contributed by atoms with Gasteiger partial charge in [0.1, 0.15) is 0 Å². The molecule has 1 saturated carbocycles. The molecule has 3 atom stereocenters. The summed E-state index contributed by atoms with van der Waals surface area (Å²) in [6, 6.07) is 0.0764. The van der Waals surface area contributed by atoms with E-state index in [-0.39, 0.29) is 36.9 Å². The van der Waals surface area contributed by atoms with Gasteiger partial charge in [0, 0.05) is 19.1 Å². The second kappa shape index (κ2) is 7.67. The van der Waals surface area contributed by atoms with E-state index in [1.807, 2.05) is 0 Å². The average molecular weight is 295 g/mol. The summed E-state index contributed by atoms with van der Waals surface area (Å²) >= 11 is 0. The first kappa shape index (κ1) is 18.1. The van der Waals surface area contributed by atoms with E-state index in [0.29, 0.717) is 6.42 Å². The molecule has 1 rings (SSSR count). The monoisotopic (exact) mass is 294 g/mol. The SMILES string of the molecule is COCC(C)(NC(=O)C1CCC(N)C1)C(=O)OC.Cl. The lowest BCUT2D eigenvalue weighted by atomic mass is 10.0. The highest BCUT2D eigenvalue weighted by atomic mass is 35.5. The third kappa shape index (κ3) is 4.63. The van der Waals surface area contributed by atoms with Crippen molar-refractivity contribution in [2.45, 2.75) is 37.8 Å². The Hall–Kier alpha value is -0.850. The summed E-state index contributed by atoms with van der Waals surface area (Å²) in [7, 11) is 2.76. The first-order valence-electron chi connectivity index (χ1n) is 6.08. The van der Waals surface area contributed by atoms with Crippen LogP contribution < -0.4 is 11.1 Å². The lowest BCUT2D eigenvalue weighted by molar-refractivity contribution is -0.153. The molecule has 1 aliphatic rings. The molecule has 0 radical (unpaired) electrons. The Morgan fingerprint density at radius 1 is 1.37 bits per heavy atom. The molecule has 3 unspecified atom stereocenters. The predicted octanol–water partition coefficient (Wildman–Crippen LogP) is 0.230. The zero-order chi connectivity index (χ0) is 13.8. The van der Waals surface area contributed by atoms with E-state index in [0.717, 1.165) is 12.8 Å². The van der Waals surface area contributed by atoms with Crippen LogP contribution in [0.3, 0.4) is 0 Å². The molecule has 0 bridgehead atoms. The van der Waals surface area contributed by atoms with Crippen molar-refractivity contribution >= 4 is 24.3 Å². The molecule has 0 aromatic heterocycles. The second-order valence-corrected chi connectivity index (χ2v) is 5.02. The van der Waals surface area contributed by atoms with E-state index in [4.69, 9.17) is 15.2 Å². The van der Waals surface area contributed by atoms with Crippen LogP contribution in [-0.4, -0.2) is 44.3 Å². The van der Waals surface area contributed by atoms with Gasteiger partial charge in [-0.25, -0.2) is 4.79 Å². The van der Waals surface area contributed by atoms with Crippen LogP contribution >= 0.6 is 12.4 Å². The van der Waals surface area contributed by atoms with Crippen molar-refractivity contribution in [2.75, 3.05) is 20.8 Å². The quantitative estimate of drug-likeness (QED) is 0.708. The molecule has 7 heteroatoms. The number of carbonyl (C=O) groups excluding carboxylic acids is 2. The molecule has 6 nitrogen and oxygen atoms in total. The van der Waals surface area contributed by atoms with E-state index < -0.39 is 11.5 Å². The minimum Gasteiger partial charge on any atom is -0.467 e. The smallest absolute Gasteiger partial charge is 0.333 e. The van der Waals surface area contributed by atoms with Gasteiger partial charge in [-0.15, -0.1) is 12.4 Å². The van der Waals surface area contributed by atoms with Crippen molar-refractivity contribution in [1.82, 2.24) is 5.32 Å². The molecule has 1 aliphatic carbocycles. The molecule has 0 spiro atoms. The van der Waals surface area contributed by atoms with Crippen LogP contribution in [0.2, 0.25) is 0 Å². The Kier molecular flexibility index (Phi) is 7.33. The largest absolute Gasteiger partial charge is 0.467 e. The summed E-state index contributed by atoms with van der Waals surface area (Å²) in [4.78, 5) is 23.8. The van der Waals surface area contributed by atoms with Crippen LogP contribution in [0.5, 0.6) is 0 Å². The molecule has 3 N–H and O–H groups in total. The highest BCUT2D eigenvalue weighted by Crippen LogP contribution is 2.25. The molecule has 0 aliphatic heterocycles. The summed E-state index contributed by atoms with van der Waals surface area (Å²) in [5.74, 6) is -0.797. The van der Waals surface area contributed by atoms with Gasteiger partial charge in [0.15, 0.2) is 5.54 Å². The Morgan fingerprint density at radius 3 is 2.42 bits per heavy atom. The number of halogens is 1. The van der Waals surface area contributed by atoms with Crippen molar-refractivity contribution in [3.63, 3.8) is 0 Å². The van der Waals surface area contributed by atoms with Crippen LogP contribution in [0, 0.1) is 5.92 Å². The van der Waals surface area contributed by atoms with Crippen molar-refractivity contribution in [2.24, 2.45) is 11.7 Å². The van der Waals surface area contributed by atoms with E-state index in [9.17, 15) is 9.59 Å². The van der Waals surface area contributed by atoms with E-state index in [2.05, 4.69) is 5.32 Å². The number of carbonyl (C=O) groups is 2. The highest BCUT2D eigenvalue weighted by Gasteiger charge is 2.39. The molecule has 112 valence electrons. The summed E-state index contributed by atoms with van der Waals surface area (Å²) in [6.07, 6.45) is 2.27. The predicted molar refractivity (Wildman–Crippen MR) is 73.0 cm³/mol. The average Bonchev–Trinajstić information content (AvgIpc) is 2.75. The van der Waals surface area contributed by atoms with Gasteiger partial charge in [-0.3, -0.25) is 4.79 Å². The zero-order valence-corrected chi connectivity index (χ0v) is 12.4. The van der Waals surface area contributed by atoms with Crippen molar-refractivity contribution in [1.29, 1.82) is 0 Å². The minimum atomic E-state index is -1.15. The number of rotatable bonds is 5. The minimum absolute atomic E-state index is 0. The van der Waals surface area contributed by atoms with Gasteiger partial charge in [-0.1, -0.05) is 0 Å². The number of esters is 1. The zero-order valence-electron chi connectivity index (χ0n) is 11.6. The number of ether oxygens (including phenoxy) is 2. The number of hydrogen-bond donors (Lipinski definition) is 2. The molecule has 0 saturated heterocycles. The molecule has 19 heavy (non-hydrogen) atoms. The van der Waals surface area contributed by atoms with Gasteiger partial charge in [0.05, 0.1) is 13.7 Å². The van der Waals surface area contributed by atoms with Crippen molar-refractivity contribution in [3.05, 3.63) is 0 Å². The molecule has 0 heterocycles. The van der Waals surface area contributed by atoms with E-state index >= 15 is 0 Å². The van der Waals surface area contributed by atoms with Gasteiger partial charge in [0.25, 0.3) is 0 Å². The van der Waals surface area contributed by atoms with Crippen molar-refractivity contribution < 1.29 is 19.1 Å². The van der Waals surface area contributed by atoms with Crippen LogP contribution in [-0.2, 0) is 19.1 Å². The Morgan fingerprint density at radius 2 is 2.00 bits per heavy atom. The Labute approximate surface area is 119 Å². The molecular formula is C12H23ClN2O4. The number of amides is 1. The third-order valence-electron chi connectivity index (χ3n) is 3.31. The molecular weight excluding hydrogens is 272 g/mol. The first-order valence-corrected chi connectivity index (χ1v) is 6.08. The van der Waals surface area contributed by atoms with Crippen LogP contribution in [0.1, 0.15) is 26.2 Å². The fourth-order valence-corrected chi connectivity index (χ4v) is 2.29. The third-order valence-corrected chi connectivity index (χ3v) is 3.31. The maximum absolute atomic E-state index is 12.1. The summed E-state index contributed by atoms with van der Waals surface area (Å²) in [6.45, 7) is 1.67. The van der Waals surface area contributed by atoms with E-state index in [1.54, 1.807) is 6.92 Å². The van der Waals surface area contributed by atoms with E-state index in [1.165, 1.54) is 14.2 Å². The summed E-state index contributed by atoms with van der Waals surface area (Å²) in [5.41, 5.74) is 4.63. The molecule has 0 aromatic carbocycles. The van der Waals surface area contributed by atoms with Crippen molar-refractivity contribution in [3.8, 4) is 0 Å². The fourth-order valence-electron chi connectivity index (χ4n) is 2.29. The van der Waals surface area contributed by atoms with Gasteiger partial charge in [0.2, 0.25) is 5.91 Å². The number of nitrogens with one attached hydrogen (secondary N) is 1. The normalized spacial score (nSPS) is 25.1. The second-order valence-electron chi connectivity index (χ2n) is 5.02. The Balaban J connectivity index is 0.00000324. The van der Waals surface area contributed by atoms with Crippen LogP contribution in [0.25, 0.3) is 0 Å². The molecule has 1 fully saturated rings. The number of nitrogens with two attached hydrogens (primary N) is 1. The summed E-state index contributed by atoms with van der Waals surface area (Å²) < 4.78 is 9.67. The number of hydrogen-bond acceptors (Lipinski definition) is 5. The van der Waals surface area contributed by atoms with Crippen LogP contribution in [0.15, 0.2) is 0 Å². The fraction of sp³-hybridized carbons (Fsp3) is 0.833. The topological polar surface area (TPSA) is 90.6 Å². The van der Waals surface area contributed by atoms with Gasteiger partial charge < -0.3 is 20.5 Å². The first-order chi connectivity index (χ1) is 8.42.